The second kappa shape index (κ2) is 6.28. The van der Waals surface area contributed by atoms with Crippen LogP contribution in [0.3, 0.4) is 0 Å². The van der Waals surface area contributed by atoms with E-state index in [1.54, 1.807) is 11.3 Å². The van der Waals surface area contributed by atoms with Crippen molar-refractivity contribution in [2.45, 2.75) is 6.54 Å². The number of anilines is 1. The van der Waals surface area contributed by atoms with Crippen LogP contribution in [0.15, 0.2) is 58.4 Å². The lowest BCUT2D eigenvalue weighted by Crippen LogP contribution is -2.28. The molecule has 21 heavy (non-hydrogen) atoms. The van der Waals surface area contributed by atoms with Gasteiger partial charge in [-0.25, -0.2) is 4.79 Å². The molecule has 2 amide bonds. The molecule has 0 unspecified atom stereocenters. The van der Waals surface area contributed by atoms with E-state index in [-0.39, 0.29) is 6.03 Å². The van der Waals surface area contributed by atoms with Crippen molar-refractivity contribution >= 4 is 49.8 Å². The summed E-state index contributed by atoms with van der Waals surface area (Å²) in [6, 6.07) is 15.6. The van der Waals surface area contributed by atoms with Crippen LogP contribution in [0.5, 0.6) is 0 Å². The van der Waals surface area contributed by atoms with Crippen LogP contribution in [0, 0.1) is 0 Å². The van der Waals surface area contributed by atoms with Crippen LogP contribution in [0.4, 0.5) is 10.5 Å². The van der Waals surface area contributed by atoms with E-state index in [0.29, 0.717) is 6.54 Å². The van der Waals surface area contributed by atoms with Crippen molar-refractivity contribution in [1.29, 1.82) is 0 Å². The molecule has 0 aliphatic carbocycles. The van der Waals surface area contributed by atoms with Crippen molar-refractivity contribution in [2.24, 2.45) is 0 Å². The minimum absolute atomic E-state index is 0.202. The number of carbonyl (C=O) groups is 1. The van der Waals surface area contributed by atoms with E-state index in [4.69, 9.17) is 0 Å². The smallest absolute Gasteiger partial charge is 0.319 e. The Morgan fingerprint density at radius 2 is 1.90 bits per heavy atom. The Hall–Kier alpha value is -1.85. The van der Waals surface area contributed by atoms with Crippen LogP contribution < -0.4 is 10.6 Å². The zero-order valence-corrected chi connectivity index (χ0v) is 13.5. The molecular weight excluding hydrogens is 348 g/mol. The molecule has 0 fully saturated rings. The molecule has 3 rings (SSSR count). The van der Waals surface area contributed by atoms with Gasteiger partial charge in [0.2, 0.25) is 0 Å². The summed E-state index contributed by atoms with van der Waals surface area (Å²) in [6.45, 7) is 0.509. The molecule has 0 aliphatic rings. The lowest BCUT2D eigenvalue weighted by Gasteiger charge is -2.09. The predicted molar refractivity (Wildman–Crippen MR) is 91.8 cm³/mol. The van der Waals surface area contributed by atoms with Gasteiger partial charge in [-0.2, -0.15) is 0 Å². The van der Waals surface area contributed by atoms with Gasteiger partial charge >= 0.3 is 6.03 Å². The molecule has 0 atom stereocenters. The first kappa shape index (κ1) is 14.1. The summed E-state index contributed by atoms with van der Waals surface area (Å²) in [5.41, 5.74) is 0.816. The molecule has 2 N–H and O–H groups in total. The predicted octanol–water partition coefficient (Wildman–Crippen LogP) is 4.99. The highest BCUT2D eigenvalue weighted by molar-refractivity contribution is 9.10. The SMILES string of the molecule is O=C(NCc1sccc1Br)Nc1cccc2ccccc12. The number of rotatable bonds is 3. The summed E-state index contributed by atoms with van der Waals surface area (Å²) in [5.74, 6) is 0. The van der Waals surface area contributed by atoms with E-state index in [1.807, 2.05) is 53.9 Å². The third-order valence-corrected chi connectivity index (χ3v) is 5.06. The Labute approximate surface area is 135 Å². The van der Waals surface area contributed by atoms with Gasteiger partial charge in [-0.1, -0.05) is 36.4 Å². The molecule has 3 aromatic rings. The molecule has 1 aromatic heterocycles. The molecule has 0 aliphatic heterocycles. The molecule has 0 bridgehead atoms. The summed E-state index contributed by atoms with van der Waals surface area (Å²) in [5, 5.41) is 9.91. The maximum absolute atomic E-state index is 12.0. The van der Waals surface area contributed by atoms with E-state index < -0.39 is 0 Å². The Balaban J connectivity index is 1.70. The van der Waals surface area contributed by atoms with Crippen molar-refractivity contribution in [3.05, 3.63) is 63.3 Å². The van der Waals surface area contributed by atoms with E-state index in [9.17, 15) is 4.79 Å². The zero-order valence-electron chi connectivity index (χ0n) is 11.1. The molecule has 0 radical (unpaired) electrons. The maximum atomic E-state index is 12.0. The van der Waals surface area contributed by atoms with Gasteiger partial charge in [0.15, 0.2) is 0 Å². The van der Waals surface area contributed by atoms with Crippen LogP contribution in [0.2, 0.25) is 0 Å². The number of hydrogen-bond donors (Lipinski definition) is 2. The Morgan fingerprint density at radius 1 is 1.10 bits per heavy atom. The van der Waals surface area contributed by atoms with E-state index in [2.05, 4.69) is 26.6 Å². The molecule has 3 nitrogen and oxygen atoms in total. The van der Waals surface area contributed by atoms with Gasteiger partial charge in [-0.3, -0.25) is 0 Å². The quantitative estimate of drug-likeness (QED) is 0.678. The average molecular weight is 361 g/mol. The van der Waals surface area contributed by atoms with Gasteiger partial charge in [0.25, 0.3) is 0 Å². The molecule has 106 valence electrons. The van der Waals surface area contributed by atoms with E-state index >= 15 is 0 Å². The van der Waals surface area contributed by atoms with Crippen LogP contribution in [0.1, 0.15) is 4.88 Å². The zero-order chi connectivity index (χ0) is 14.7. The van der Waals surface area contributed by atoms with Crippen LogP contribution >= 0.6 is 27.3 Å². The largest absolute Gasteiger partial charge is 0.333 e. The van der Waals surface area contributed by atoms with Crippen molar-refractivity contribution in [3.63, 3.8) is 0 Å². The second-order valence-electron chi connectivity index (χ2n) is 4.53. The Bertz CT molecular complexity index is 779. The lowest BCUT2D eigenvalue weighted by molar-refractivity contribution is 0.252. The van der Waals surface area contributed by atoms with Crippen molar-refractivity contribution in [3.8, 4) is 0 Å². The summed E-state index contributed by atoms with van der Waals surface area (Å²) in [7, 11) is 0. The number of halogens is 1. The van der Waals surface area contributed by atoms with Gasteiger partial charge in [0.1, 0.15) is 0 Å². The van der Waals surface area contributed by atoms with E-state index in [1.165, 1.54) is 0 Å². The maximum Gasteiger partial charge on any atom is 0.319 e. The number of benzene rings is 2. The van der Waals surface area contributed by atoms with Crippen molar-refractivity contribution < 1.29 is 4.79 Å². The number of hydrogen-bond acceptors (Lipinski definition) is 2. The van der Waals surface area contributed by atoms with Gasteiger partial charge < -0.3 is 10.6 Å². The Morgan fingerprint density at radius 3 is 2.71 bits per heavy atom. The summed E-state index contributed by atoms with van der Waals surface area (Å²) in [6.07, 6.45) is 0. The molecular formula is C16H13BrN2OS. The molecule has 0 saturated carbocycles. The monoisotopic (exact) mass is 360 g/mol. The van der Waals surface area contributed by atoms with Crippen molar-refractivity contribution in [2.75, 3.05) is 5.32 Å². The minimum Gasteiger partial charge on any atom is -0.333 e. The molecule has 0 spiro atoms. The van der Waals surface area contributed by atoms with Crippen LogP contribution in [-0.4, -0.2) is 6.03 Å². The summed E-state index contributed by atoms with van der Waals surface area (Å²) >= 11 is 5.07. The van der Waals surface area contributed by atoms with Gasteiger partial charge in [-0.15, -0.1) is 11.3 Å². The standard InChI is InChI=1S/C16H13BrN2OS/c17-13-8-9-21-15(13)10-18-16(20)19-14-7-3-5-11-4-1-2-6-12(11)14/h1-9H,10H2,(H2,18,19,20). The van der Waals surface area contributed by atoms with Gasteiger partial charge in [0.05, 0.1) is 12.2 Å². The number of carbonyl (C=O) groups excluding carboxylic acids is 1. The molecule has 5 heteroatoms. The molecule has 2 aromatic carbocycles. The fraction of sp³-hybridized carbons (Fsp3) is 0.0625. The first-order chi connectivity index (χ1) is 10.2. The van der Waals surface area contributed by atoms with Crippen molar-refractivity contribution in [1.82, 2.24) is 5.32 Å². The Kier molecular flexibility index (Phi) is 4.22. The van der Waals surface area contributed by atoms with E-state index in [0.717, 1.165) is 25.8 Å². The normalized spacial score (nSPS) is 10.5. The fourth-order valence-electron chi connectivity index (χ4n) is 2.11. The van der Waals surface area contributed by atoms with Crippen LogP contribution in [0.25, 0.3) is 10.8 Å². The third-order valence-electron chi connectivity index (χ3n) is 3.14. The number of nitrogens with one attached hydrogen (secondary N) is 2. The first-order valence-corrected chi connectivity index (χ1v) is 8.16. The average Bonchev–Trinajstić information content (AvgIpc) is 2.91. The molecule has 0 saturated heterocycles. The second-order valence-corrected chi connectivity index (χ2v) is 6.38. The van der Waals surface area contributed by atoms with Crippen LogP contribution in [-0.2, 0) is 6.54 Å². The highest BCUT2D eigenvalue weighted by Crippen LogP contribution is 2.24. The summed E-state index contributed by atoms with van der Waals surface area (Å²) in [4.78, 5) is 13.1. The highest BCUT2D eigenvalue weighted by Gasteiger charge is 2.07. The molecule has 1 heterocycles. The number of amides is 2. The number of thiophene rings is 1. The first-order valence-electron chi connectivity index (χ1n) is 6.48. The lowest BCUT2D eigenvalue weighted by atomic mass is 10.1. The van der Waals surface area contributed by atoms with Gasteiger partial charge in [0, 0.05) is 14.7 Å². The minimum atomic E-state index is -0.202. The highest BCUT2D eigenvalue weighted by atomic mass is 79.9. The number of urea groups is 1. The van der Waals surface area contributed by atoms with Gasteiger partial charge in [-0.05, 0) is 38.8 Å². The number of fused-ring (bicyclic) bond motifs is 1. The topological polar surface area (TPSA) is 41.1 Å². The third kappa shape index (κ3) is 3.25. The summed E-state index contributed by atoms with van der Waals surface area (Å²) < 4.78 is 1.03. The fourth-order valence-corrected chi connectivity index (χ4v) is 3.54.